The number of anilines is 1. The number of amides is 2. The van der Waals surface area contributed by atoms with Crippen LogP contribution in [0.4, 0.5) is 5.13 Å². The first kappa shape index (κ1) is 17.5. The van der Waals surface area contributed by atoms with E-state index in [0.717, 1.165) is 19.3 Å². The lowest BCUT2D eigenvalue weighted by Crippen LogP contribution is -2.32. The summed E-state index contributed by atoms with van der Waals surface area (Å²) in [5.74, 6) is -0.199. The lowest BCUT2D eigenvalue weighted by molar-refractivity contribution is -0.121. The van der Waals surface area contributed by atoms with Crippen LogP contribution in [0, 0.1) is 0 Å². The number of nitrogens with one attached hydrogen (secondary N) is 2. The average molecular weight is 381 g/mol. The summed E-state index contributed by atoms with van der Waals surface area (Å²) in [7, 11) is 0. The van der Waals surface area contributed by atoms with Gasteiger partial charge in [0.25, 0.3) is 5.91 Å². The zero-order chi connectivity index (χ0) is 18.6. The molecule has 4 rings (SSSR count). The van der Waals surface area contributed by atoms with E-state index in [1.807, 2.05) is 12.1 Å². The smallest absolute Gasteiger partial charge is 0.293 e. The molecule has 2 amide bonds. The van der Waals surface area contributed by atoms with Crippen LogP contribution in [-0.2, 0) is 17.6 Å². The Hall–Kier alpha value is -2.93. The van der Waals surface area contributed by atoms with Gasteiger partial charge in [-0.25, -0.2) is 4.98 Å². The summed E-state index contributed by atoms with van der Waals surface area (Å²) < 4.78 is 5.05. The van der Waals surface area contributed by atoms with Crippen molar-refractivity contribution in [2.75, 3.05) is 5.32 Å². The van der Waals surface area contributed by atoms with Crippen molar-refractivity contribution in [3.63, 3.8) is 0 Å². The lowest BCUT2D eigenvalue weighted by Gasteiger charge is -2.26. The molecule has 7 heteroatoms. The normalized spacial score (nSPS) is 15.8. The van der Waals surface area contributed by atoms with Gasteiger partial charge >= 0.3 is 0 Å². The Morgan fingerprint density at radius 2 is 2.11 bits per heavy atom. The van der Waals surface area contributed by atoms with Gasteiger partial charge in [0.15, 0.2) is 10.9 Å². The third-order valence-electron chi connectivity index (χ3n) is 4.56. The Bertz CT molecular complexity index is 949. The first-order valence-corrected chi connectivity index (χ1v) is 9.73. The zero-order valence-corrected chi connectivity index (χ0v) is 15.4. The van der Waals surface area contributed by atoms with Crippen LogP contribution in [0.2, 0.25) is 0 Å². The van der Waals surface area contributed by atoms with E-state index in [4.69, 9.17) is 4.42 Å². The van der Waals surface area contributed by atoms with E-state index in [2.05, 4.69) is 27.8 Å². The van der Waals surface area contributed by atoms with Crippen molar-refractivity contribution in [1.29, 1.82) is 0 Å². The van der Waals surface area contributed by atoms with Gasteiger partial charge in [0.05, 0.1) is 24.4 Å². The second kappa shape index (κ2) is 7.75. The maximum Gasteiger partial charge on any atom is 0.293 e. The summed E-state index contributed by atoms with van der Waals surface area (Å²) in [5, 5.41) is 8.03. The van der Waals surface area contributed by atoms with E-state index >= 15 is 0 Å². The number of hydrogen-bond donors (Lipinski definition) is 2. The minimum Gasteiger partial charge on any atom is -0.459 e. The number of fused-ring (bicyclic) bond motifs is 1. The Morgan fingerprint density at radius 1 is 1.22 bits per heavy atom. The monoisotopic (exact) mass is 381 g/mol. The minimum atomic E-state index is -0.357. The molecule has 0 bridgehead atoms. The van der Waals surface area contributed by atoms with E-state index < -0.39 is 0 Å². The van der Waals surface area contributed by atoms with Crippen LogP contribution in [0.3, 0.4) is 0 Å². The van der Waals surface area contributed by atoms with Crippen molar-refractivity contribution in [3.8, 4) is 0 Å². The van der Waals surface area contributed by atoms with Crippen molar-refractivity contribution in [1.82, 2.24) is 10.3 Å². The lowest BCUT2D eigenvalue weighted by atomic mass is 9.87. The van der Waals surface area contributed by atoms with Crippen LogP contribution in [0.1, 0.15) is 46.3 Å². The minimum absolute atomic E-state index is 0.0548. The molecule has 0 fully saturated rings. The Kier molecular flexibility index (Phi) is 5.02. The molecule has 0 aliphatic heterocycles. The van der Waals surface area contributed by atoms with Gasteiger partial charge in [-0.3, -0.25) is 14.9 Å². The number of aryl methyl sites for hydroxylation is 1. The second-order valence-corrected chi connectivity index (χ2v) is 7.32. The molecule has 27 heavy (non-hydrogen) atoms. The fourth-order valence-electron chi connectivity index (χ4n) is 3.33. The molecule has 0 unspecified atom stereocenters. The van der Waals surface area contributed by atoms with Crippen molar-refractivity contribution in [3.05, 3.63) is 70.6 Å². The van der Waals surface area contributed by atoms with Crippen molar-refractivity contribution in [2.24, 2.45) is 0 Å². The third-order valence-corrected chi connectivity index (χ3v) is 5.37. The topological polar surface area (TPSA) is 84.2 Å². The Balaban J connectivity index is 1.35. The molecule has 1 aromatic carbocycles. The van der Waals surface area contributed by atoms with Gasteiger partial charge in [-0.15, -0.1) is 11.3 Å². The first-order chi connectivity index (χ1) is 13.2. The molecular formula is C20H19N3O3S. The predicted octanol–water partition coefficient (Wildman–Crippen LogP) is 3.72. The third kappa shape index (κ3) is 4.09. The molecule has 2 N–H and O–H groups in total. The molecule has 1 atom stereocenters. The molecular weight excluding hydrogens is 362 g/mol. The average Bonchev–Trinajstić information content (AvgIpc) is 3.34. The quantitative estimate of drug-likeness (QED) is 0.705. The van der Waals surface area contributed by atoms with Crippen LogP contribution < -0.4 is 10.6 Å². The standard InChI is InChI=1S/C20H19N3O3S/c24-18(22-16-8-3-6-13-5-1-2-7-15(13)16)11-14-12-27-20(21-14)23-19(25)17-9-4-10-26-17/h1-2,4-5,7,9-10,12,16H,3,6,8,11H2,(H,22,24)(H,21,23,25)/t16-/m1/s1. The first-order valence-electron chi connectivity index (χ1n) is 8.85. The molecule has 2 heterocycles. The number of furan rings is 1. The highest BCUT2D eigenvalue weighted by atomic mass is 32.1. The number of aromatic nitrogens is 1. The Morgan fingerprint density at radius 3 is 2.96 bits per heavy atom. The number of nitrogens with zero attached hydrogens (tertiary/aromatic N) is 1. The molecule has 0 saturated heterocycles. The number of carbonyl (C=O) groups is 2. The number of hydrogen-bond acceptors (Lipinski definition) is 5. The van der Waals surface area contributed by atoms with Crippen LogP contribution in [0.25, 0.3) is 0 Å². The summed E-state index contributed by atoms with van der Waals surface area (Å²) in [6.45, 7) is 0. The van der Waals surface area contributed by atoms with Gasteiger partial charge in [-0.05, 0) is 42.5 Å². The maximum absolute atomic E-state index is 12.5. The van der Waals surface area contributed by atoms with Crippen molar-refractivity contribution in [2.45, 2.75) is 31.7 Å². The van der Waals surface area contributed by atoms with Crippen LogP contribution in [0.5, 0.6) is 0 Å². The zero-order valence-electron chi connectivity index (χ0n) is 14.6. The largest absolute Gasteiger partial charge is 0.459 e. The van der Waals surface area contributed by atoms with Gasteiger partial charge in [0.2, 0.25) is 5.91 Å². The predicted molar refractivity (Wildman–Crippen MR) is 103 cm³/mol. The second-order valence-electron chi connectivity index (χ2n) is 6.46. The number of thiazole rings is 1. The van der Waals surface area contributed by atoms with Gasteiger partial charge in [-0.2, -0.15) is 0 Å². The van der Waals surface area contributed by atoms with E-state index in [1.54, 1.807) is 17.5 Å². The van der Waals surface area contributed by atoms with Crippen molar-refractivity contribution < 1.29 is 14.0 Å². The number of rotatable bonds is 5. The van der Waals surface area contributed by atoms with Crippen LogP contribution >= 0.6 is 11.3 Å². The highest BCUT2D eigenvalue weighted by molar-refractivity contribution is 7.14. The van der Waals surface area contributed by atoms with E-state index in [9.17, 15) is 9.59 Å². The molecule has 0 saturated carbocycles. The molecule has 138 valence electrons. The molecule has 1 aliphatic rings. The molecule has 0 radical (unpaired) electrons. The van der Waals surface area contributed by atoms with Gasteiger partial charge in [-0.1, -0.05) is 24.3 Å². The fraction of sp³-hybridized carbons (Fsp3) is 0.250. The molecule has 1 aliphatic carbocycles. The maximum atomic E-state index is 12.5. The fourth-order valence-corrected chi connectivity index (χ4v) is 4.03. The van der Waals surface area contributed by atoms with Gasteiger partial charge in [0.1, 0.15) is 0 Å². The highest BCUT2D eigenvalue weighted by Crippen LogP contribution is 2.29. The van der Waals surface area contributed by atoms with Crippen LogP contribution in [0.15, 0.2) is 52.5 Å². The van der Waals surface area contributed by atoms with Crippen molar-refractivity contribution >= 4 is 28.3 Å². The summed E-state index contributed by atoms with van der Waals surface area (Å²) in [6, 6.07) is 11.6. The van der Waals surface area contributed by atoms with Crippen LogP contribution in [-0.4, -0.2) is 16.8 Å². The Labute approximate surface area is 160 Å². The summed E-state index contributed by atoms with van der Waals surface area (Å²) in [5.41, 5.74) is 3.16. The van der Waals surface area contributed by atoms with Gasteiger partial charge < -0.3 is 9.73 Å². The summed E-state index contributed by atoms with van der Waals surface area (Å²) in [6.07, 6.45) is 4.71. The SMILES string of the molecule is O=C(Cc1csc(NC(=O)c2ccco2)n1)N[C@@H]1CCCc2ccccc21. The number of carbonyl (C=O) groups excluding carboxylic acids is 2. The molecule has 2 aromatic heterocycles. The molecule has 3 aromatic rings. The summed E-state index contributed by atoms with van der Waals surface area (Å²) >= 11 is 1.29. The van der Waals surface area contributed by atoms with E-state index in [-0.39, 0.29) is 30.0 Å². The van der Waals surface area contributed by atoms with Gasteiger partial charge in [0, 0.05) is 5.38 Å². The molecule has 6 nitrogen and oxygen atoms in total. The number of benzene rings is 1. The highest BCUT2D eigenvalue weighted by Gasteiger charge is 2.22. The molecule has 0 spiro atoms. The van der Waals surface area contributed by atoms with E-state index in [1.165, 1.54) is 28.7 Å². The van der Waals surface area contributed by atoms with E-state index in [0.29, 0.717) is 10.8 Å². The summed E-state index contributed by atoms with van der Waals surface area (Å²) in [4.78, 5) is 28.8.